The summed E-state index contributed by atoms with van der Waals surface area (Å²) in [7, 11) is 0. The molecule has 5 nitrogen and oxygen atoms in total. The standard InChI is InChI=1S/C11H14N4O/c1-8-13-11(6-7-12)14-15(8)9-4-2-3-5-10(9)16/h2-5,16H,6-7,12H2,1H3. The normalized spacial score (nSPS) is 10.6. The first-order chi connectivity index (χ1) is 7.72. The number of hydrogen-bond donors (Lipinski definition) is 2. The molecule has 5 heteroatoms. The highest BCUT2D eigenvalue weighted by atomic mass is 16.3. The van der Waals surface area contributed by atoms with Crippen molar-refractivity contribution in [1.82, 2.24) is 14.8 Å². The number of para-hydroxylation sites is 2. The number of aryl methyl sites for hydroxylation is 1. The van der Waals surface area contributed by atoms with Gasteiger partial charge in [-0.3, -0.25) is 0 Å². The first kappa shape index (κ1) is 10.6. The Kier molecular flexibility index (Phi) is 2.87. The van der Waals surface area contributed by atoms with E-state index in [2.05, 4.69) is 10.1 Å². The molecule has 2 rings (SSSR count). The number of aromatic hydroxyl groups is 1. The molecule has 0 bridgehead atoms. The molecule has 0 unspecified atom stereocenters. The zero-order chi connectivity index (χ0) is 11.5. The quantitative estimate of drug-likeness (QED) is 0.798. The third-order valence-corrected chi connectivity index (χ3v) is 2.29. The van der Waals surface area contributed by atoms with Crippen molar-refractivity contribution in [2.24, 2.45) is 5.73 Å². The van der Waals surface area contributed by atoms with Gasteiger partial charge in [0, 0.05) is 6.42 Å². The largest absolute Gasteiger partial charge is 0.506 e. The first-order valence-electron chi connectivity index (χ1n) is 5.13. The number of benzene rings is 1. The van der Waals surface area contributed by atoms with Crippen LogP contribution in [0.15, 0.2) is 24.3 Å². The summed E-state index contributed by atoms with van der Waals surface area (Å²) in [5, 5.41) is 14.0. The van der Waals surface area contributed by atoms with Gasteiger partial charge in [-0.2, -0.15) is 5.10 Å². The molecule has 1 aromatic heterocycles. The summed E-state index contributed by atoms with van der Waals surface area (Å²) < 4.78 is 1.63. The molecule has 0 spiro atoms. The lowest BCUT2D eigenvalue weighted by molar-refractivity contribution is 0.469. The monoisotopic (exact) mass is 218 g/mol. The van der Waals surface area contributed by atoms with Gasteiger partial charge in [0.05, 0.1) is 0 Å². The predicted octanol–water partition coefficient (Wildman–Crippen LogP) is 0.783. The molecule has 0 aliphatic rings. The van der Waals surface area contributed by atoms with E-state index in [1.54, 1.807) is 22.9 Å². The van der Waals surface area contributed by atoms with Crippen molar-refractivity contribution in [3.05, 3.63) is 35.9 Å². The van der Waals surface area contributed by atoms with Crippen molar-refractivity contribution in [3.8, 4) is 11.4 Å². The summed E-state index contributed by atoms with van der Waals surface area (Å²) in [5.41, 5.74) is 6.08. The molecule has 2 aromatic rings. The first-order valence-corrected chi connectivity index (χ1v) is 5.13. The lowest BCUT2D eigenvalue weighted by atomic mass is 10.3. The van der Waals surface area contributed by atoms with Gasteiger partial charge in [0.2, 0.25) is 0 Å². The van der Waals surface area contributed by atoms with Crippen LogP contribution in [-0.4, -0.2) is 26.4 Å². The minimum atomic E-state index is 0.190. The van der Waals surface area contributed by atoms with E-state index in [4.69, 9.17) is 5.73 Å². The molecule has 1 aromatic carbocycles. The zero-order valence-corrected chi connectivity index (χ0v) is 9.09. The van der Waals surface area contributed by atoms with Gasteiger partial charge in [-0.25, -0.2) is 9.67 Å². The van der Waals surface area contributed by atoms with E-state index in [9.17, 15) is 5.11 Å². The van der Waals surface area contributed by atoms with Crippen LogP contribution in [-0.2, 0) is 6.42 Å². The highest BCUT2D eigenvalue weighted by molar-refractivity contribution is 5.45. The fraction of sp³-hybridized carbons (Fsp3) is 0.273. The average Bonchev–Trinajstić information content (AvgIpc) is 2.61. The summed E-state index contributed by atoms with van der Waals surface area (Å²) in [4.78, 5) is 4.28. The maximum absolute atomic E-state index is 9.71. The number of phenolic OH excluding ortho intramolecular Hbond substituents is 1. The Morgan fingerprint density at radius 3 is 2.81 bits per heavy atom. The van der Waals surface area contributed by atoms with Crippen molar-refractivity contribution >= 4 is 0 Å². The van der Waals surface area contributed by atoms with Gasteiger partial charge in [0.1, 0.15) is 17.3 Å². The second kappa shape index (κ2) is 4.32. The van der Waals surface area contributed by atoms with Gasteiger partial charge in [-0.1, -0.05) is 12.1 Å². The van der Waals surface area contributed by atoms with Crippen molar-refractivity contribution in [1.29, 1.82) is 0 Å². The van der Waals surface area contributed by atoms with Gasteiger partial charge < -0.3 is 10.8 Å². The van der Waals surface area contributed by atoms with Crippen molar-refractivity contribution in [2.75, 3.05) is 6.54 Å². The Bertz CT molecular complexity index is 492. The summed E-state index contributed by atoms with van der Waals surface area (Å²) in [5.74, 6) is 1.63. The molecule has 84 valence electrons. The van der Waals surface area contributed by atoms with E-state index in [-0.39, 0.29) is 5.75 Å². The second-order valence-electron chi connectivity index (χ2n) is 3.51. The van der Waals surface area contributed by atoms with Crippen molar-refractivity contribution < 1.29 is 5.11 Å². The van der Waals surface area contributed by atoms with E-state index in [0.29, 0.717) is 24.5 Å². The molecular formula is C11H14N4O. The Morgan fingerprint density at radius 2 is 2.12 bits per heavy atom. The van der Waals surface area contributed by atoms with Crippen LogP contribution in [0.4, 0.5) is 0 Å². The molecule has 1 heterocycles. The Labute approximate surface area is 93.5 Å². The van der Waals surface area contributed by atoms with Gasteiger partial charge in [-0.05, 0) is 25.6 Å². The van der Waals surface area contributed by atoms with E-state index < -0.39 is 0 Å². The average molecular weight is 218 g/mol. The molecule has 0 aliphatic heterocycles. The maximum atomic E-state index is 9.71. The second-order valence-corrected chi connectivity index (χ2v) is 3.51. The van der Waals surface area contributed by atoms with Crippen LogP contribution in [0.25, 0.3) is 5.69 Å². The van der Waals surface area contributed by atoms with E-state index in [1.165, 1.54) is 0 Å². The van der Waals surface area contributed by atoms with Crippen LogP contribution in [0.3, 0.4) is 0 Å². The van der Waals surface area contributed by atoms with Crippen LogP contribution >= 0.6 is 0 Å². The zero-order valence-electron chi connectivity index (χ0n) is 9.09. The van der Waals surface area contributed by atoms with Crippen molar-refractivity contribution in [2.45, 2.75) is 13.3 Å². The molecule has 0 saturated carbocycles. The maximum Gasteiger partial charge on any atom is 0.152 e. The molecule has 0 radical (unpaired) electrons. The van der Waals surface area contributed by atoms with Crippen LogP contribution < -0.4 is 5.73 Å². The molecule has 16 heavy (non-hydrogen) atoms. The fourth-order valence-corrected chi connectivity index (χ4v) is 1.55. The molecule has 0 saturated heterocycles. The van der Waals surface area contributed by atoms with E-state index >= 15 is 0 Å². The minimum Gasteiger partial charge on any atom is -0.506 e. The fourth-order valence-electron chi connectivity index (χ4n) is 1.55. The molecular weight excluding hydrogens is 204 g/mol. The van der Waals surface area contributed by atoms with Gasteiger partial charge in [-0.15, -0.1) is 0 Å². The molecule has 3 N–H and O–H groups in total. The van der Waals surface area contributed by atoms with Crippen molar-refractivity contribution in [3.63, 3.8) is 0 Å². The summed E-state index contributed by atoms with van der Waals surface area (Å²) >= 11 is 0. The van der Waals surface area contributed by atoms with Gasteiger partial charge in [0.15, 0.2) is 5.82 Å². The lowest BCUT2D eigenvalue weighted by Crippen LogP contribution is -2.05. The number of hydrogen-bond acceptors (Lipinski definition) is 4. The molecule has 0 atom stereocenters. The Morgan fingerprint density at radius 1 is 1.38 bits per heavy atom. The summed E-state index contributed by atoms with van der Waals surface area (Å²) in [6.07, 6.45) is 0.640. The number of nitrogens with zero attached hydrogens (tertiary/aromatic N) is 3. The smallest absolute Gasteiger partial charge is 0.152 e. The highest BCUT2D eigenvalue weighted by Gasteiger charge is 2.09. The number of nitrogens with two attached hydrogens (primary N) is 1. The van der Waals surface area contributed by atoms with Gasteiger partial charge >= 0.3 is 0 Å². The topological polar surface area (TPSA) is 77.0 Å². The van der Waals surface area contributed by atoms with E-state index in [1.807, 2.05) is 13.0 Å². The lowest BCUT2D eigenvalue weighted by Gasteiger charge is -2.04. The number of phenols is 1. The Hall–Kier alpha value is -1.88. The third kappa shape index (κ3) is 1.90. The predicted molar refractivity (Wildman–Crippen MR) is 60.5 cm³/mol. The number of rotatable bonds is 3. The van der Waals surface area contributed by atoms with Gasteiger partial charge in [0.25, 0.3) is 0 Å². The SMILES string of the molecule is Cc1nc(CCN)nn1-c1ccccc1O. The minimum absolute atomic E-state index is 0.190. The molecule has 0 amide bonds. The molecule has 0 aliphatic carbocycles. The number of aromatic nitrogens is 3. The van der Waals surface area contributed by atoms with Crippen LogP contribution in [0.1, 0.15) is 11.6 Å². The van der Waals surface area contributed by atoms with Crippen LogP contribution in [0.2, 0.25) is 0 Å². The third-order valence-electron chi connectivity index (χ3n) is 2.29. The highest BCUT2D eigenvalue weighted by Crippen LogP contribution is 2.20. The molecule has 0 fully saturated rings. The Balaban J connectivity index is 2.44. The van der Waals surface area contributed by atoms with Crippen LogP contribution in [0, 0.1) is 6.92 Å². The van der Waals surface area contributed by atoms with Crippen LogP contribution in [0.5, 0.6) is 5.75 Å². The van der Waals surface area contributed by atoms with E-state index in [0.717, 1.165) is 5.82 Å². The summed E-state index contributed by atoms with van der Waals surface area (Å²) in [6.45, 7) is 2.36. The summed E-state index contributed by atoms with van der Waals surface area (Å²) in [6, 6.07) is 7.03.